The Balaban J connectivity index is 1.75. The fourth-order valence-electron chi connectivity index (χ4n) is 2.53. The zero-order valence-electron chi connectivity index (χ0n) is 11.9. The third kappa shape index (κ3) is 2.78. The second-order valence-electron chi connectivity index (χ2n) is 5.48. The number of rotatable bonds is 4. The molecule has 6 nitrogen and oxygen atoms in total. The molecule has 122 valence electrons. The van der Waals surface area contributed by atoms with Crippen molar-refractivity contribution in [1.29, 1.82) is 0 Å². The molecule has 0 unspecified atom stereocenters. The minimum atomic E-state index is -3.93. The van der Waals surface area contributed by atoms with Gasteiger partial charge in [0.05, 0.1) is 5.25 Å². The van der Waals surface area contributed by atoms with Crippen LogP contribution in [0.5, 0.6) is 0 Å². The fraction of sp³-hybridized carbons (Fsp3) is 0.538. The molecule has 1 aliphatic heterocycles. The Morgan fingerprint density at radius 1 is 0.909 bits per heavy atom. The molecule has 9 heteroatoms. The average molecular weight is 348 g/mol. The summed E-state index contributed by atoms with van der Waals surface area (Å²) in [6.07, 6.45) is 1.35. The van der Waals surface area contributed by atoms with Gasteiger partial charge in [-0.1, -0.05) is 12.1 Å². The van der Waals surface area contributed by atoms with Crippen LogP contribution in [0.4, 0.5) is 4.39 Å². The summed E-state index contributed by atoms with van der Waals surface area (Å²) in [5.41, 5.74) is 0. The van der Waals surface area contributed by atoms with Gasteiger partial charge in [0.2, 0.25) is 20.0 Å². The molecule has 2 fully saturated rings. The molecule has 0 atom stereocenters. The zero-order chi connectivity index (χ0) is 16.0. The van der Waals surface area contributed by atoms with Gasteiger partial charge in [-0.2, -0.15) is 8.61 Å². The molecule has 1 aromatic rings. The van der Waals surface area contributed by atoms with Crippen molar-refractivity contribution in [2.75, 3.05) is 26.2 Å². The van der Waals surface area contributed by atoms with Gasteiger partial charge in [0.25, 0.3) is 0 Å². The Kier molecular flexibility index (Phi) is 4.00. The Morgan fingerprint density at radius 2 is 1.45 bits per heavy atom. The fourth-order valence-corrected chi connectivity index (χ4v) is 5.85. The quantitative estimate of drug-likeness (QED) is 0.800. The molecule has 1 aliphatic carbocycles. The van der Waals surface area contributed by atoms with E-state index in [1.807, 2.05) is 0 Å². The van der Waals surface area contributed by atoms with Crippen LogP contribution in [-0.4, -0.2) is 56.9 Å². The first-order chi connectivity index (χ1) is 10.3. The summed E-state index contributed by atoms with van der Waals surface area (Å²) in [6.45, 7) is 0.324. The maximum absolute atomic E-state index is 13.7. The molecule has 1 heterocycles. The van der Waals surface area contributed by atoms with Crippen molar-refractivity contribution in [3.8, 4) is 0 Å². The van der Waals surface area contributed by atoms with Gasteiger partial charge in [-0.3, -0.25) is 0 Å². The van der Waals surface area contributed by atoms with Crippen LogP contribution in [0.15, 0.2) is 29.2 Å². The molecular weight excluding hydrogens is 331 g/mol. The molecule has 1 saturated heterocycles. The Bertz CT molecular complexity index is 767. The number of sulfonamides is 2. The van der Waals surface area contributed by atoms with Crippen LogP contribution in [0.2, 0.25) is 0 Å². The molecule has 3 rings (SSSR count). The molecule has 0 radical (unpaired) electrons. The van der Waals surface area contributed by atoms with Crippen LogP contribution in [0, 0.1) is 5.82 Å². The number of hydrogen-bond acceptors (Lipinski definition) is 4. The molecule has 0 spiro atoms. The highest BCUT2D eigenvalue weighted by Gasteiger charge is 2.42. The van der Waals surface area contributed by atoms with Gasteiger partial charge >= 0.3 is 0 Å². The molecule has 1 saturated carbocycles. The molecule has 22 heavy (non-hydrogen) atoms. The second-order valence-corrected chi connectivity index (χ2v) is 9.60. The minimum Gasteiger partial charge on any atom is -0.212 e. The van der Waals surface area contributed by atoms with Gasteiger partial charge in [0.15, 0.2) is 0 Å². The Morgan fingerprint density at radius 3 is 2.00 bits per heavy atom. The average Bonchev–Trinajstić information content (AvgIpc) is 3.33. The summed E-state index contributed by atoms with van der Waals surface area (Å²) in [6, 6.07) is 5.21. The predicted molar refractivity (Wildman–Crippen MR) is 78.7 cm³/mol. The highest BCUT2D eigenvalue weighted by Crippen LogP contribution is 2.32. The lowest BCUT2D eigenvalue weighted by Crippen LogP contribution is -2.51. The van der Waals surface area contributed by atoms with Gasteiger partial charge < -0.3 is 0 Å². The topological polar surface area (TPSA) is 74.8 Å². The van der Waals surface area contributed by atoms with E-state index in [4.69, 9.17) is 0 Å². The Labute approximate surface area is 129 Å². The van der Waals surface area contributed by atoms with Gasteiger partial charge in [-0.25, -0.2) is 21.2 Å². The van der Waals surface area contributed by atoms with E-state index >= 15 is 0 Å². The van der Waals surface area contributed by atoms with Gasteiger partial charge in [0.1, 0.15) is 10.7 Å². The van der Waals surface area contributed by atoms with Crippen molar-refractivity contribution in [1.82, 2.24) is 8.61 Å². The largest absolute Gasteiger partial charge is 0.246 e. The van der Waals surface area contributed by atoms with Crippen LogP contribution >= 0.6 is 0 Å². The standard InChI is InChI=1S/C13H17FN2O4S2/c14-12-3-1-2-4-13(12)22(19,20)16-9-7-15(8-10-16)21(17,18)11-5-6-11/h1-4,11H,5-10H2. The van der Waals surface area contributed by atoms with E-state index in [9.17, 15) is 21.2 Å². The summed E-state index contributed by atoms with van der Waals surface area (Å²) in [5.74, 6) is -0.796. The first-order valence-corrected chi connectivity index (χ1v) is 10.0. The summed E-state index contributed by atoms with van der Waals surface area (Å²) in [7, 11) is -7.22. The first kappa shape index (κ1) is 15.9. The number of nitrogens with zero attached hydrogens (tertiary/aromatic N) is 2. The van der Waals surface area contributed by atoms with E-state index in [-0.39, 0.29) is 36.3 Å². The van der Waals surface area contributed by atoms with Crippen molar-refractivity contribution in [3.05, 3.63) is 30.1 Å². The molecule has 0 amide bonds. The minimum absolute atomic E-state index is 0.0443. The third-order valence-corrected chi connectivity index (χ3v) is 8.29. The number of halogens is 1. The van der Waals surface area contributed by atoms with Crippen molar-refractivity contribution in [2.45, 2.75) is 23.0 Å². The van der Waals surface area contributed by atoms with Gasteiger partial charge in [-0.15, -0.1) is 0 Å². The van der Waals surface area contributed by atoms with Crippen molar-refractivity contribution in [2.24, 2.45) is 0 Å². The van der Waals surface area contributed by atoms with Gasteiger partial charge in [-0.05, 0) is 25.0 Å². The molecule has 0 bridgehead atoms. The molecular formula is C13H17FN2O4S2. The lowest BCUT2D eigenvalue weighted by Gasteiger charge is -2.33. The van der Waals surface area contributed by atoms with Crippen LogP contribution in [0.25, 0.3) is 0 Å². The van der Waals surface area contributed by atoms with E-state index in [1.54, 1.807) is 0 Å². The van der Waals surface area contributed by atoms with Crippen LogP contribution in [-0.2, 0) is 20.0 Å². The normalized spacial score (nSPS) is 21.9. The van der Waals surface area contributed by atoms with E-state index in [0.29, 0.717) is 12.8 Å². The molecule has 1 aromatic carbocycles. The van der Waals surface area contributed by atoms with Crippen molar-refractivity contribution < 1.29 is 21.2 Å². The Hall–Kier alpha value is -1.03. The maximum atomic E-state index is 13.7. The summed E-state index contributed by atoms with van der Waals surface area (Å²) in [4.78, 5) is -0.367. The van der Waals surface area contributed by atoms with E-state index < -0.39 is 25.9 Å². The third-order valence-electron chi connectivity index (χ3n) is 3.96. The van der Waals surface area contributed by atoms with E-state index in [1.165, 1.54) is 22.5 Å². The molecule has 0 N–H and O–H groups in total. The monoisotopic (exact) mass is 348 g/mol. The number of benzene rings is 1. The van der Waals surface area contributed by atoms with Crippen LogP contribution < -0.4 is 0 Å². The summed E-state index contributed by atoms with van der Waals surface area (Å²) >= 11 is 0. The zero-order valence-corrected chi connectivity index (χ0v) is 13.5. The number of piperazine rings is 1. The van der Waals surface area contributed by atoms with Crippen LogP contribution in [0.3, 0.4) is 0 Å². The van der Waals surface area contributed by atoms with Crippen molar-refractivity contribution >= 4 is 20.0 Å². The smallest absolute Gasteiger partial charge is 0.212 e. The molecule has 0 aromatic heterocycles. The second kappa shape index (κ2) is 5.55. The van der Waals surface area contributed by atoms with Crippen molar-refractivity contribution in [3.63, 3.8) is 0 Å². The lowest BCUT2D eigenvalue weighted by molar-refractivity contribution is 0.272. The SMILES string of the molecule is O=S(=O)(c1ccccc1F)N1CCN(S(=O)(=O)C2CC2)CC1. The van der Waals surface area contributed by atoms with E-state index in [2.05, 4.69) is 0 Å². The predicted octanol–water partition coefficient (Wildman–Crippen LogP) is 0.624. The van der Waals surface area contributed by atoms with Crippen LogP contribution in [0.1, 0.15) is 12.8 Å². The maximum Gasteiger partial charge on any atom is 0.246 e. The lowest BCUT2D eigenvalue weighted by atomic mass is 10.3. The number of hydrogen-bond donors (Lipinski definition) is 0. The highest BCUT2D eigenvalue weighted by molar-refractivity contribution is 7.90. The van der Waals surface area contributed by atoms with E-state index in [0.717, 1.165) is 10.4 Å². The first-order valence-electron chi connectivity index (χ1n) is 7.07. The summed E-state index contributed by atoms with van der Waals surface area (Å²) < 4.78 is 65.3. The van der Waals surface area contributed by atoms with Gasteiger partial charge in [0, 0.05) is 26.2 Å². The summed E-state index contributed by atoms with van der Waals surface area (Å²) in [5, 5.41) is -0.303. The molecule has 2 aliphatic rings. The highest BCUT2D eigenvalue weighted by atomic mass is 32.2.